The van der Waals surface area contributed by atoms with Gasteiger partial charge in [0.2, 0.25) is 23.4 Å². The van der Waals surface area contributed by atoms with E-state index in [0.717, 1.165) is 21.4 Å². The van der Waals surface area contributed by atoms with E-state index in [9.17, 15) is 38.4 Å². The number of benzene rings is 2. The summed E-state index contributed by atoms with van der Waals surface area (Å²) in [7, 11) is 0. The lowest BCUT2D eigenvalue weighted by Crippen LogP contribution is -2.62. The van der Waals surface area contributed by atoms with Crippen LogP contribution in [0.3, 0.4) is 0 Å². The van der Waals surface area contributed by atoms with Gasteiger partial charge in [0, 0.05) is 33.9 Å². The predicted molar refractivity (Wildman–Crippen MR) is 196 cm³/mol. The number of rotatable bonds is 15. The molecule has 0 radical (unpaired) electrons. The topological polar surface area (TPSA) is 198 Å². The van der Waals surface area contributed by atoms with E-state index in [1.54, 1.807) is 64.1 Å². The van der Waals surface area contributed by atoms with Crippen molar-refractivity contribution in [3.63, 3.8) is 0 Å². The Morgan fingerprint density at radius 2 is 0.980 bits per heavy atom. The molecule has 2 rings (SSSR count). The first-order chi connectivity index (χ1) is 24.0. The van der Waals surface area contributed by atoms with Crippen LogP contribution in [0.2, 0.25) is 0 Å². The van der Waals surface area contributed by atoms with Crippen LogP contribution in [0.5, 0.6) is 0 Å². The van der Waals surface area contributed by atoms with Gasteiger partial charge in [-0.15, -0.1) is 0 Å². The van der Waals surface area contributed by atoms with Gasteiger partial charge in [-0.2, -0.15) is 0 Å². The van der Waals surface area contributed by atoms with Gasteiger partial charge in [0.1, 0.15) is 0 Å². The van der Waals surface area contributed by atoms with Crippen LogP contribution < -0.4 is 10.6 Å². The predicted octanol–water partition coefficient (Wildman–Crippen LogP) is 4.67. The van der Waals surface area contributed by atoms with Crippen LogP contribution in [0.15, 0.2) is 57.5 Å². The van der Waals surface area contributed by atoms with Crippen LogP contribution in [-0.2, 0) is 47.7 Å². The van der Waals surface area contributed by atoms with E-state index in [1.165, 1.54) is 6.92 Å². The average molecular weight is 909 g/mol. The fourth-order valence-corrected chi connectivity index (χ4v) is 4.60. The van der Waals surface area contributed by atoms with E-state index < -0.39 is 59.5 Å². The van der Waals surface area contributed by atoms with Crippen LogP contribution in [0.25, 0.3) is 0 Å². The molecule has 0 heterocycles. The first-order valence-corrected chi connectivity index (χ1v) is 18.1. The summed E-state index contributed by atoms with van der Waals surface area (Å²) in [5.74, 6) is -5.26. The molecule has 0 aliphatic carbocycles. The molecule has 14 nitrogen and oxygen atoms in total. The first-order valence-electron chi connectivity index (χ1n) is 15.4. The normalized spacial score (nSPS) is 10.2. The Balaban J connectivity index is 0.000000813. The Kier molecular flexibility index (Phi) is 23.1. The Morgan fingerprint density at radius 3 is 1.29 bits per heavy atom. The van der Waals surface area contributed by atoms with Crippen molar-refractivity contribution < 1.29 is 57.3 Å². The monoisotopic (exact) mass is 906 g/mol. The number of ketones is 2. The van der Waals surface area contributed by atoms with E-state index in [1.807, 2.05) is 12.1 Å². The second-order valence-electron chi connectivity index (χ2n) is 9.84. The molecule has 2 aromatic carbocycles. The van der Waals surface area contributed by atoms with Gasteiger partial charge in [-0.1, -0.05) is 72.1 Å². The fourth-order valence-electron chi connectivity index (χ4n) is 3.74. The Bertz CT molecular complexity index is 1460. The molecule has 2 amide bonds. The molecule has 0 aromatic heterocycles. The summed E-state index contributed by atoms with van der Waals surface area (Å²) in [6.45, 7) is 8.88. The van der Waals surface area contributed by atoms with Gasteiger partial charge in [-0.25, -0.2) is 19.2 Å². The standard InChI is InChI=1S/C17H20BrNO6.C9H15NO5.C8H6Br2O/c1-4-24-15(22)17(19-11(3)20,16(23)25-5-2)10-14(21)12-6-8-13(18)9-7-12;1-4-14-8(12)7(10-6(3)11)9(13)15-5-2;9-5-8(11)6-1-3-7(10)4-2-6/h6-9H,4-5,10H2,1-3H3,(H,19,20);7H,4-5H2,1-3H3,(H,10,11);1-4H,5H2. The van der Waals surface area contributed by atoms with Gasteiger partial charge >= 0.3 is 23.9 Å². The van der Waals surface area contributed by atoms with Gasteiger partial charge in [-0.3, -0.25) is 19.2 Å². The van der Waals surface area contributed by atoms with Crippen LogP contribution in [0.1, 0.15) is 68.7 Å². The number of nitrogens with one attached hydrogen (secondary N) is 2. The zero-order valence-electron chi connectivity index (χ0n) is 29.0. The largest absolute Gasteiger partial charge is 0.464 e. The Hall–Kier alpha value is -3.96. The van der Waals surface area contributed by atoms with Crippen LogP contribution in [0, 0.1) is 0 Å². The Labute approximate surface area is 321 Å². The maximum atomic E-state index is 12.6. The molecule has 0 saturated carbocycles. The van der Waals surface area contributed by atoms with Crippen LogP contribution in [0.4, 0.5) is 0 Å². The summed E-state index contributed by atoms with van der Waals surface area (Å²) >= 11 is 9.66. The molecule has 0 atom stereocenters. The molecular weight excluding hydrogens is 868 g/mol. The summed E-state index contributed by atoms with van der Waals surface area (Å²) in [6, 6.07) is 12.3. The summed E-state index contributed by atoms with van der Waals surface area (Å²) in [5.41, 5.74) is -1.20. The van der Waals surface area contributed by atoms with Crippen molar-refractivity contribution in [2.75, 3.05) is 31.8 Å². The highest BCUT2D eigenvalue weighted by Crippen LogP contribution is 2.21. The summed E-state index contributed by atoms with van der Waals surface area (Å²) < 4.78 is 20.8. The zero-order chi connectivity index (χ0) is 39.1. The molecule has 280 valence electrons. The number of ether oxygens (including phenoxy) is 4. The lowest BCUT2D eigenvalue weighted by Gasteiger charge is -2.29. The molecule has 2 N–H and O–H groups in total. The average Bonchev–Trinajstić information content (AvgIpc) is 3.07. The summed E-state index contributed by atoms with van der Waals surface area (Å²) in [6.07, 6.45) is -0.605. The lowest BCUT2D eigenvalue weighted by molar-refractivity contribution is -0.168. The zero-order valence-corrected chi connectivity index (χ0v) is 33.7. The maximum Gasteiger partial charge on any atom is 0.344 e. The number of alkyl halides is 1. The minimum atomic E-state index is -2.22. The van der Waals surface area contributed by atoms with Gasteiger partial charge < -0.3 is 29.6 Å². The third kappa shape index (κ3) is 17.2. The molecule has 0 fully saturated rings. The molecular formula is C34H41Br3N2O12. The number of amides is 2. The second kappa shape index (κ2) is 25.1. The maximum absolute atomic E-state index is 12.6. The van der Waals surface area contributed by atoms with E-state index in [0.29, 0.717) is 5.33 Å². The number of carbonyl (C=O) groups is 8. The SMILES string of the molecule is CCOC(=O)C(CC(=O)c1ccc(Br)cc1)(NC(C)=O)C(=O)OCC.CCOC(=O)C(NC(C)=O)C(=O)OCC.O=C(CBr)c1ccc(Br)cc1. The molecule has 0 spiro atoms. The Morgan fingerprint density at radius 1 is 0.608 bits per heavy atom. The number of hydrogen-bond donors (Lipinski definition) is 2. The third-order valence-corrected chi connectivity index (χ3v) is 7.48. The van der Waals surface area contributed by atoms with E-state index in [2.05, 4.69) is 67.9 Å². The molecule has 51 heavy (non-hydrogen) atoms. The highest BCUT2D eigenvalue weighted by molar-refractivity contribution is 9.10. The molecule has 0 aliphatic rings. The molecule has 0 saturated heterocycles. The molecule has 0 unspecified atom stereocenters. The second-order valence-corrected chi connectivity index (χ2v) is 12.2. The number of esters is 4. The molecule has 0 aliphatic heterocycles. The first kappa shape index (κ1) is 47.0. The van der Waals surface area contributed by atoms with E-state index >= 15 is 0 Å². The number of halogens is 3. The fraction of sp³-hybridized carbons (Fsp3) is 0.412. The minimum absolute atomic E-state index is 0.0218. The smallest absolute Gasteiger partial charge is 0.344 e. The van der Waals surface area contributed by atoms with E-state index in [4.69, 9.17) is 9.47 Å². The summed E-state index contributed by atoms with van der Waals surface area (Å²) in [4.78, 5) is 93.4. The third-order valence-electron chi connectivity index (χ3n) is 5.91. The van der Waals surface area contributed by atoms with Crippen molar-refractivity contribution in [3.8, 4) is 0 Å². The molecule has 17 heteroatoms. The van der Waals surface area contributed by atoms with Gasteiger partial charge in [0.05, 0.1) is 38.2 Å². The van der Waals surface area contributed by atoms with Gasteiger partial charge in [0.15, 0.2) is 11.6 Å². The van der Waals surface area contributed by atoms with Crippen LogP contribution >= 0.6 is 47.8 Å². The summed E-state index contributed by atoms with van der Waals surface area (Å²) in [5, 5.41) is 4.80. The van der Waals surface area contributed by atoms with Crippen molar-refractivity contribution in [2.45, 2.75) is 59.5 Å². The van der Waals surface area contributed by atoms with Gasteiger partial charge in [0.25, 0.3) is 0 Å². The van der Waals surface area contributed by atoms with E-state index in [-0.39, 0.29) is 37.8 Å². The highest BCUT2D eigenvalue weighted by atomic mass is 79.9. The van der Waals surface area contributed by atoms with Crippen molar-refractivity contribution in [2.24, 2.45) is 0 Å². The highest BCUT2D eigenvalue weighted by Gasteiger charge is 2.51. The number of hydrogen-bond acceptors (Lipinski definition) is 12. The van der Waals surface area contributed by atoms with Crippen LogP contribution in [-0.4, -0.2) is 90.6 Å². The van der Waals surface area contributed by atoms with Gasteiger partial charge in [-0.05, 0) is 52.0 Å². The lowest BCUT2D eigenvalue weighted by atomic mass is 9.90. The van der Waals surface area contributed by atoms with Crippen molar-refractivity contribution in [1.82, 2.24) is 10.6 Å². The number of carbonyl (C=O) groups excluding carboxylic acids is 8. The number of Topliss-reactive ketones (excluding diaryl/α,β-unsaturated/α-hetero) is 2. The van der Waals surface area contributed by atoms with Crippen molar-refractivity contribution in [1.29, 1.82) is 0 Å². The molecule has 2 aromatic rings. The van der Waals surface area contributed by atoms with Crippen molar-refractivity contribution >= 4 is 95.0 Å². The quantitative estimate of drug-likeness (QED) is 0.0826. The van der Waals surface area contributed by atoms with Crippen molar-refractivity contribution in [3.05, 3.63) is 68.6 Å². The molecule has 0 bridgehead atoms. The minimum Gasteiger partial charge on any atom is -0.464 e.